The molecule has 0 saturated heterocycles. The Hall–Kier alpha value is -3.34. The number of nitrogens with one attached hydrogen (secondary N) is 1. The molecule has 3 aromatic heterocycles. The number of aryl methyl sites for hydroxylation is 1. The van der Waals surface area contributed by atoms with E-state index in [2.05, 4.69) is 15.3 Å². The molecular weight excluding hydrogens is 406 g/mol. The molecule has 11 heteroatoms. The topological polar surface area (TPSA) is 114 Å². The number of rotatable bonds is 6. The molecule has 0 unspecified atom stereocenters. The van der Waals surface area contributed by atoms with E-state index >= 15 is 4.39 Å². The number of nitrogens with zero attached hydrogens (tertiary/aromatic N) is 3. The van der Waals surface area contributed by atoms with Crippen molar-refractivity contribution in [3.8, 4) is 11.3 Å². The summed E-state index contributed by atoms with van der Waals surface area (Å²) in [4.78, 5) is 17.8. The van der Waals surface area contributed by atoms with Gasteiger partial charge in [-0.15, -0.1) is 0 Å². The number of halogens is 2. The highest BCUT2D eigenvalue weighted by Crippen LogP contribution is 2.31. The van der Waals surface area contributed by atoms with Gasteiger partial charge >= 0.3 is 6.09 Å². The fourth-order valence-corrected chi connectivity index (χ4v) is 4.04. The number of hydrogen-bond donors (Lipinski definition) is 2. The second-order valence-corrected chi connectivity index (χ2v) is 7.89. The van der Waals surface area contributed by atoms with Crippen molar-refractivity contribution in [1.82, 2.24) is 19.3 Å². The maximum absolute atomic E-state index is 15.1. The fourth-order valence-electron chi connectivity index (χ4n) is 2.70. The van der Waals surface area contributed by atoms with Gasteiger partial charge in [0.25, 0.3) is 10.0 Å². The Morgan fingerprint density at radius 2 is 2.00 bits per heavy atom. The molecule has 0 aromatic carbocycles. The van der Waals surface area contributed by atoms with E-state index < -0.39 is 33.6 Å². The van der Waals surface area contributed by atoms with Gasteiger partial charge in [-0.3, -0.25) is 4.98 Å². The number of carbonyl (C=O) groups is 1. The lowest BCUT2D eigenvalue weighted by Gasteiger charge is -2.11. The summed E-state index contributed by atoms with van der Waals surface area (Å²) in [6, 6.07) is 5.35. The van der Waals surface area contributed by atoms with Crippen LogP contribution in [0.2, 0.25) is 0 Å². The van der Waals surface area contributed by atoms with Crippen LogP contribution in [0.5, 0.6) is 0 Å². The summed E-state index contributed by atoms with van der Waals surface area (Å²) in [6.07, 6.45) is 1.84. The molecule has 3 aromatic rings. The molecule has 1 amide bonds. The van der Waals surface area contributed by atoms with Crippen molar-refractivity contribution < 1.29 is 27.1 Å². The van der Waals surface area contributed by atoms with Crippen molar-refractivity contribution in [2.75, 3.05) is 6.54 Å². The summed E-state index contributed by atoms with van der Waals surface area (Å²) in [6.45, 7) is 1.52. The van der Waals surface area contributed by atoms with Crippen molar-refractivity contribution in [2.45, 2.75) is 18.2 Å². The molecule has 0 aliphatic heterocycles. The van der Waals surface area contributed by atoms with E-state index in [-0.39, 0.29) is 29.0 Å². The quantitative estimate of drug-likeness (QED) is 0.590. The van der Waals surface area contributed by atoms with Crippen molar-refractivity contribution in [3.63, 3.8) is 0 Å². The zero-order valence-corrected chi connectivity index (χ0v) is 15.9. The van der Waals surface area contributed by atoms with Crippen molar-refractivity contribution in [1.29, 1.82) is 0 Å². The summed E-state index contributed by atoms with van der Waals surface area (Å²) >= 11 is 0. The maximum Gasteiger partial charge on any atom is 0.404 e. The van der Waals surface area contributed by atoms with Gasteiger partial charge in [-0.25, -0.2) is 26.6 Å². The van der Waals surface area contributed by atoms with Crippen LogP contribution in [0.15, 0.2) is 47.8 Å². The van der Waals surface area contributed by atoms with Gasteiger partial charge in [0.05, 0.1) is 5.56 Å². The number of hydrogen-bond acceptors (Lipinski definition) is 5. The zero-order valence-electron chi connectivity index (χ0n) is 15.1. The molecular formula is C18H16F2N4O4S. The van der Waals surface area contributed by atoms with Gasteiger partial charge in [-0.1, -0.05) is 0 Å². The molecule has 0 fully saturated rings. The summed E-state index contributed by atoms with van der Waals surface area (Å²) in [5.41, 5.74) is -0.380. The first-order chi connectivity index (χ1) is 13.7. The molecule has 152 valence electrons. The summed E-state index contributed by atoms with van der Waals surface area (Å²) in [5, 5.41) is 10.7. The number of carboxylic acid groups (broad SMARTS) is 1. The zero-order chi connectivity index (χ0) is 21.2. The highest BCUT2D eigenvalue weighted by atomic mass is 32.2. The molecule has 0 bridgehead atoms. The maximum atomic E-state index is 15.1. The van der Waals surface area contributed by atoms with Crippen LogP contribution in [0, 0.1) is 18.7 Å². The Bertz CT molecular complexity index is 1160. The average Bonchev–Trinajstić information content (AvgIpc) is 2.99. The molecule has 29 heavy (non-hydrogen) atoms. The van der Waals surface area contributed by atoms with E-state index in [9.17, 15) is 17.6 Å². The predicted molar refractivity (Wildman–Crippen MR) is 98.9 cm³/mol. The third-order valence-corrected chi connectivity index (χ3v) is 5.75. The summed E-state index contributed by atoms with van der Waals surface area (Å²) < 4.78 is 56.2. The van der Waals surface area contributed by atoms with Gasteiger partial charge in [0, 0.05) is 36.4 Å². The lowest BCUT2D eigenvalue weighted by molar-refractivity contribution is 0.194. The lowest BCUT2D eigenvalue weighted by atomic mass is 10.1. The van der Waals surface area contributed by atoms with Gasteiger partial charge in [-0.05, 0) is 37.6 Å². The van der Waals surface area contributed by atoms with Crippen molar-refractivity contribution in [3.05, 3.63) is 65.9 Å². The first kappa shape index (κ1) is 20.4. The first-order valence-corrected chi connectivity index (χ1v) is 9.81. The van der Waals surface area contributed by atoms with Crippen molar-refractivity contribution in [2.24, 2.45) is 0 Å². The second-order valence-electron chi connectivity index (χ2n) is 6.08. The van der Waals surface area contributed by atoms with E-state index in [1.54, 1.807) is 6.92 Å². The van der Waals surface area contributed by atoms with Crippen LogP contribution in [0.25, 0.3) is 11.3 Å². The molecule has 0 atom stereocenters. The van der Waals surface area contributed by atoms with E-state index in [1.165, 1.54) is 24.3 Å². The Morgan fingerprint density at radius 1 is 1.24 bits per heavy atom. The highest BCUT2D eigenvalue weighted by Gasteiger charge is 2.28. The molecule has 0 spiro atoms. The molecule has 0 saturated carbocycles. The molecule has 0 aliphatic carbocycles. The van der Waals surface area contributed by atoms with Crippen LogP contribution >= 0.6 is 0 Å². The first-order valence-electron chi connectivity index (χ1n) is 8.37. The average molecular weight is 422 g/mol. The Morgan fingerprint density at radius 3 is 2.62 bits per heavy atom. The number of amides is 1. The van der Waals surface area contributed by atoms with Gasteiger partial charge in [0.2, 0.25) is 5.95 Å². The molecule has 0 radical (unpaired) electrons. The molecule has 0 aliphatic rings. The Labute approximate surface area is 164 Å². The smallest absolute Gasteiger partial charge is 0.404 e. The summed E-state index contributed by atoms with van der Waals surface area (Å²) in [5.74, 6) is -2.02. The lowest BCUT2D eigenvalue weighted by Crippen LogP contribution is -2.23. The number of aromatic nitrogens is 3. The highest BCUT2D eigenvalue weighted by molar-refractivity contribution is 7.90. The predicted octanol–water partition coefficient (Wildman–Crippen LogP) is 2.58. The standard InChI is InChI=1S/C18H16F2N4O4S/c1-11-4-5-13(9-23-11)29(27,28)24-10-12(6-8-22-18(25)26)15(19)16(24)14-3-2-7-21-17(14)20/h2-5,7,9-10,22H,6,8H2,1H3,(H,25,26). The molecule has 8 nitrogen and oxygen atoms in total. The van der Waals surface area contributed by atoms with Gasteiger partial charge < -0.3 is 10.4 Å². The third-order valence-electron chi connectivity index (χ3n) is 4.11. The monoisotopic (exact) mass is 422 g/mol. The SMILES string of the molecule is Cc1ccc(S(=O)(=O)n2cc(CCNC(=O)O)c(F)c2-c2cccnc2F)cn1. The van der Waals surface area contributed by atoms with Gasteiger partial charge in [0.15, 0.2) is 5.82 Å². The van der Waals surface area contributed by atoms with Crippen LogP contribution in [-0.4, -0.2) is 40.1 Å². The molecule has 3 rings (SSSR count). The minimum absolute atomic E-state index is 0.0966. The minimum atomic E-state index is -4.31. The van der Waals surface area contributed by atoms with Crippen LogP contribution in [0.4, 0.5) is 13.6 Å². The molecule has 3 heterocycles. The normalized spacial score (nSPS) is 11.4. The van der Waals surface area contributed by atoms with Crippen LogP contribution in [0.3, 0.4) is 0 Å². The Kier molecular flexibility index (Phi) is 5.59. The fraction of sp³-hybridized carbons (Fsp3) is 0.167. The van der Waals surface area contributed by atoms with Crippen molar-refractivity contribution >= 4 is 16.1 Å². The van der Waals surface area contributed by atoms with Gasteiger partial charge in [-0.2, -0.15) is 4.39 Å². The third kappa shape index (κ3) is 4.09. The minimum Gasteiger partial charge on any atom is -0.465 e. The van der Waals surface area contributed by atoms with E-state index in [0.29, 0.717) is 9.67 Å². The molecule has 2 N–H and O–H groups in total. The largest absolute Gasteiger partial charge is 0.465 e. The van der Waals surface area contributed by atoms with Crippen LogP contribution in [0.1, 0.15) is 11.3 Å². The van der Waals surface area contributed by atoms with E-state index in [0.717, 1.165) is 18.6 Å². The van der Waals surface area contributed by atoms with Gasteiger partial charge in [0.1, 0.15) is 10.6 Å². The number of pyridine rings is 2. The summed E-state index contributed by atoms with van der Waals surface area (Å²) in [7, 11) is -4.31. The van der Waals surface area contributed by atoms with E-state index in [1.807, 2.05) is 0 Å². The Balaban J connectivity index is 2.18. The van der Waals surface area contributed by atoms with E-state index in [4.69, 9.17) is 5.11 Å². The van der Waals surface area contributed by atoms with Crippen LogP contribution in [-0.2, 0) is 16.4 Å². The second kappa shape index (κ2) is 7.95. The van der Waals surface area contributed by atoms with Crippen LogP contribution < -0.4 is 5.32 Å².